The number of nitrogen functional groups attached to an aromatic ring is 1. The first-order valence-electron chi connectivity index (χ1n) is 6.19. The summed E-state index contributed by atoms with van der Waals surface area (Å²) in [5.74, 6) is 0.521. The first kappa shape index (κ1) is 12.5. The van der Waals surface area contributed by atoms with Crippen LogP contribution >= 0.6 is 0 Å². The number of carbonyl (C=O) groups is 1. The summed E-state index contributed by atoms with van der Waals surface area (Å²) in [6.45, 7) is 4.33. The third-order valence-corrected chi connectivity index (χ3v) is 3.49. The predicted molar refractivity (Wildman–Crippen MR) is 68.8 cm³/mol. The van der Waals surface area contributed by atoms with Gasteiger partial charge in [0.05, 0.1) is 5.56 Å². The Kier molecular flexibility index (Phi) is 3.28. The highest BCUT2D eigenvalue weighted by molar-refractivity contribution is 5.76. The van der Waals surface area contributed by atoms with Crippen molar-refractivity contribution in [3.8, 4) is 6.07 Å². The lowest BCUT2D eigenvalue weighted by atomic mass is 10.2. The van der Waals surface area contributed by atoms with Crippen molar-refractivity contribution in [3.05, 3.63) is 16.8 Å². The zero-order valence-electron chi connectivity index (χ0n) is 10.8. The largest absolute Gasteiger partial charge is 0.384 e. The second kappa shape index (κ2) is 4.73. The van der Waals surface area contributed by atoms with Crippen molar-refractivity contribution in [3.63, 3.8) is 0 Å². The first-order valence-corrected chi connectivity index (χ1v) is 6.19. The number of hydrogen-bond donors (Lipinski definition) is 2. The van der Waals surface area contributed by atoms with Crippen LogP contribution in [-0.2, 0) is 11.3 Å². The van der Waals surface area contributed by atoms with Crippen molar-refractivity contribution in [2.75, 3.05) is 5.73 Å². The molecule has 5 heteroatoms. The molecule has 0 aromatic carbocycles. The van der Waals surface area contributed by atoms with Crippen LogP contribution in [0.4, 0.5) is 5.82 Å². The average Bonchev–Trinajstić information content (AvgIpc) is 3.10. The van der Waals surface area contributed by atoms with Gasteiger partial charge >= 0.3 is 0 Å². The quantitative estimate of drug-likeness (QED) is 0.838. The molecule has 1 saturated carbocycles. The Hall–Kier alpha value is -1.96. The van der Waals surface area contributed by atoms with Crippen molar-refractivity contribution in [1.82, 2.24) is 9.88 Å². The molecule has 0 unspecified atom stereocenters. The van der Waals surface area contributed by atoms with Crippen LogP contribution in [0, 0.1) is 25.2 Å². The maximum absolute atomic E-state index is 11.6. The average molecular weight is 246 g/mol. The number of carbonyl (C=O) groups excluding carboxylic acids is 1. The minimum absolute atomic E-state index is 0.0566. The predicted octanol–water partition coefficient (Wildman–Crippen LogP) is 1.23. The lowest BCUT2D eigenvalue weighted by molar-refractivity contribution is -0.121. The van der Waals surface area contributed by atoms with Gasteiger partial charge in [0.15, 0.2) is 0 Å². The second-order valence-electron chi connectivity index (χ2n) is 4.83. The van der Waals surface area contributed by atoms with Crippen molar-refractivity contribution < 1.29 is 4.79 Å². The van der Waals surface area contributed by atoms with E-state index >= 15 is 0 Å². The van der Waals surface area contributed by atoms with Crippen molar-refractivity contribution in [2.45, 2.75) is 45.7 Å². The van der Waals surface area contributed by atoms with E-state index in [1.54, 1.807) is 0 Å². The lowest BCUT2D eigenvalue weighted by Crippen LogP contribution is -2.26. The van der Waals surface area contributed by atoms with Crippen LogP contribution in [0.25, 0.3) is 0 Å². The third kappa shape index (κ3) is 2.33. The molecule has 0 spiro atoms. The molecule has 0 radical (unpaired) electrons. The van der Waals surface area contributed by atoms with Gasteiger partial charge in [-0.15, -0.1) is 0 Å². The summed E-state index contributed by atoms with van der Waals surface area (Å²) < 4.78 is 1.85. The summed E-state index contributed by atoms with van der Waals surface area (Å²) in [5.41, 5.74) is 8.31. The maximum atomic E-state index is 11.6. The van der Waals surface area contributed by atoms with E-state index in [0.29, 0.717) is 30.4 Å². The van der Waals surface area contributed by atoms with Gasteiger partial charge in [0.1, 0.15) is 11.9 Å². The molecule has 1 aromatic heterocycles. The minimum atomic E-state index is 0.0566. The highest BCUT2D eigenvalue weighted by Crippen LogP contribution is 2.24. The van der Waals surface area contributed by atoms with Crippen molar-refractivity contribution in [1.29, 1.82) is 5.26 Å². The van der Waals surface area contributed by atoms with Crippen molar-refractivity contribution >= 4 is 11.7 Å². The molecule has 1 aromatic rings. The van der Waals surface area contributed by atoms with Gasteiger partial charge in [-0.1, -0.05) is 0 Å². The zero-order chi connectivity index (χ0) is 13.3. The van der Waals surface area contributed by atoms with E-state index in [0.717, 1.165) is 24.1 Å². The van der Waals surface area contributed by atoms with Gasteiger partial charge in [-0.25, -0.2) is 0 Å². The molecule has 0 aliphatic heterocycles. The topological polar surface area (TPSA) is 83.8 Å². The number of amides is 1. The van der Waals surface area contributed by atoms with Crippen LogP contribution in [0.15, 0.2) is 0 Å². The summed E-state index contributed by atoms with van der Waals surface area (Å²) in [6, 6.07) is 2.49. The zero-order valence-corrected chi connectivity index (χ0v) is 10.8. The Morgan fingerprint density at radius 1 is 1.56 bits per heavy atom. The van der Waals surface area contributed by atoms with Gasteiger partial charge in [0.25, 0.3) is 0 Å². The smallest absolute Gasteiger partial charge is 0.222 e. The standard InChI is InChI=1S/C13H18N4O/c1-8-9(2)17(13(15)11(8)7-14)6-5-12(18)16-10-3-4-10/h10H,3-6,15H2,1-2H3,(H,16,18). The molecule has 1 aliphatic carbocycles. The maximum Gasteiger partial charge on any atom is 0.222 e. The molecule has 1 heterocycles. The summed E-state index contributed by atoms with van der Waals surface area (Å²) in [4.78, 5) is 11.6. The van der Waals surface area contributed by atoms with Crippen LogP contribution in [-0.4, -0.2) is 16.5 Å². The van der Waals surface area contributed by atoms with E-state index < -0.39 is 0 Å². The van der Waals surface area contributed by atoms with Gasteiger partial charge in [-0.3, -0.25) is 4.79 Å². The Bertz CT molecular complexity index is 520. The number of hydrogen-bond acceptors (Lipinski definition) is 3. The number of nitrogens with two attached hydrogens (primary N) is 1. The van der Waals surface area contributed by atoms with E-state index in [-0.39, 0.29) is 5.91 Å². The normalized spacial score (nSPS) is 14.3. The second-order valence-corrected chi connectivity index (χ2v) is 4.83. The first-order chi connectivity index (χ1) is 8.54. The molecule has 96 valence electrons. The lowest BCUT2D eigenvalue weighted by Gasteiger charge is -2.09. The third-order valence-electron chi connectivity index (χ3n) is 3.49. The summed E-state index contributed by atoms with van der Waals surface area (Å²) in [5, 5.41) is 12.0. The minimum Gasteiger partial charge on any atom is -0.384 e. The van der Waals surface area contributed by atoms with E-state index in [9.17, 15) is 4.79 Å². The Morgan fingerprint density at radius 2 is 2.22 bits per heavy atom. The van der Waals surface area contributed by atoms with E-state index in [2.05, 4.69) is 11.4 Å². The Balaban J connectivity index is 2.04. The molecule has 2 rings (SSSR count). The highest BCUT2D eigenvalue weighted by atomic mass is 16.1. The molecular weight excluding hydrogens is 228 g/mol. The fraction of sp³-hybridized carbons (Fsp3) is 0.538. The fourth-order valence-corrected chi connectivity index (χ4v) is 2.06. The summed E-state index contributed by atoms with van der Waals surface area (Å²) in [7, 11) is 0. The van der Waals surface area contributed by atoms with Crippen LogP contribution in [0.2, 0.25) is 0 Å². The molecule has 1 fully saturated rings. The van der Waals surface area contributed by atoms with Gasteiger partial charge < -0.3 is 15.6 Å². The van der Waals surface area contributed by atoms with Gasteiger partial charge in [-0.05, 0) is 32.3 Å². The molecule has 3 N–H and O–H groups in total. The fourth-order valence-electron chi connectivity index (χ4n) is 2.06. The number of aromatic nitrogens is 1. The summed E-state index contributed by atoms with van der Waals surface area (Å²) >= 11 is 0. The van der Waals surface area contributed by atoms with E-state index in [4.69, 9.17) is 11.0 Å². The molecular formula is C13H18N4O. The van der Waals surface area contributed by atoms with Crippen LogP contribution in [0.5, 0.6) is 0 Å². The van der Waals surface area contributed by atoms with E-state index in [1.807, 2.05) is 18.4 Å². The Morgan fingerprint density at radius 3 is 2.72 bits per heavy atom. The SMILES string of the molecule is Cc1c(C#N)c(N)n(CCC(=O)NC2CC2)c1C. The van der Waals surface area contributed by atoms with Crippen LogP contribution in [0.3, 0.4) is 0 Å². The van der Waals surface area contributed by atoms with Crippen LogP contribution < -0.4 is 11.1 Å². The van der Waals surface area contributed by atoms with E-state index in [1.165, 1.54) is 0 Å². The van der Waals surface area contributed by atoms with Crippen molar-refractivity contribution in [2.24, 2.45) is 0 Å². The number of nitriles is 1. The van der Waals surface area contributed by atoms with Gasteiger partial charge in [0.2, 0.25) is 5.91 Å². The molecule has 0 saturated heterocycles. The van der Waals surface area contributed by atoms with Gasteiger partial charge in [0, 0.05) is 24.7 Å². The number of rotatable bonds is 4. The van der Waals surface area contributed by atoms with Crippen LogP contribution in [0.1, 0.15) is 36.1 Å². The monoisotopic (exact) mass is 246 g/mol. The highest BCUT2D eigenvalue weighted by Gasteiger charge is 2.23. The number of nitrogens with one attached hydrogen (secondary N) is 1. The molecule has 0 atom stereocenters. The molecule has 1 aliphatic rings. The Labute approximate surface area is 107 Å². The molecule has 1 amide bonds. The number of nitrogens with zero attached hydrogens (tertiary/aromatic N) is 2. The molecule has 18 heavy (non-hydrogen) atoms. The summed E-state index contributed by atoms with van der Waals surface area (Å²) in [6.07, 6.45) is 2.59. The van der Waals surface area contributed by atoms with Gasteiger partial charge in [-0.2, -0.15) is 5.26 Å². The molecule has 0 bridgehead atoms. The molecule has 5 nitrogen and oxygen atoms in total. The number of anilines is 1.